The zero-order valence-electron chi connectivity index (χ0n) is 15.0. The van der Waals surface area contributed by atoms with Crippen molar-refractivity contribution in [2.24, 2.45) is 5.41 Å². The highest BCUT2D eigenvalue weighted by Crippen LogP contribution is 2.52. The van der Waals surface area contributed by atoms with Gasteiger partial charge in [-0.15, -0.1) is 0 Å². The minimum absolute atomic E-state index is 0.0415. The van der Waals surface area contributed by atoms with Crippen LogP contribution in [0.4, 0.5) is 4.39 Å². The van der Waals surface area contributed by atoms with Gasteiger partial charge in [0.1, 0.15) is 5.82 Å². The normalized spacial score (nSPS) is 27.1. The Morgan fingerprint density at radius 3 is 2.50 bits per heavy atom. The number of fused-ring (bicyclic) bond motifs is 2. The first-order valence-electron chi connectivity index (χ1n) is 9.39. The van der Waals surface area contributed by atoms with Crippen LogP contribution in [0.15, 0.2) is 48.5 Å². The molecular weight excluding hydrogens is 329 g/mol. The fraction of sp³-hybridized carbons (Fsp3) is 0.409. The van der Waals surface area contributed by atoms with Gasteiger partial charge in [0, 0.05) is 28.6 Å². The molecule has 2 heterocycles. The Bertz CT molecular complexity index is 830. The van der Waals surface area contributed by atoms with Crippen LogP contribution in [0, 0.1) is 11.2 Å². The summed E-state index contributed by atoms with van der Waals surface area (Å²) in [6.07, 6.45) is 3.65. The van der Waals surface area contributed by atoms with Gasteiger partial charge in [0.05, 0.1) is 6.61 Å². The highest BCUT2D eigenvalue weighted by Gasteiger charge is 2.56. The van der Waals surface area contributed by atoms with Gasteiger partial charge in [0.2, 0.25) is 0 Å². The van der Waals surface area contributed by atoms with Gasteiger partial charge in [-0.25, -0.2) is 4.39 Å². The van der Waals surface area contributed by atoms with E-state index in [9.17, 15) is 14.3 Å². The average molecular weight is 353 g/mol. The van der Waals surface area contributed by atoms with E-state index < -0.39 is 0 Å². The number of aliphatic hydroxyl groups is 1. The van der Waals surface area contributed by atoms with Gasteiger partial charge in [-0.1, -0.05) is 43.3 Å². The molecule has 3 nitrogen and oxygen atoms in total. The molecule has 0 saturated carbocycles. The SMILES string of the molecule is CC[C@]1(CO)C[C@H]2CC[C@@H]1N2C(=O)c1ccccc1-c1ccccc1F. The third kappa shape index (κ3) is 2.47. The van der Waals surface area contributed by atoms with Crippen molar-refractivity contribution in [1.29, 1.82) is 0 Å². The molecule has 2 aliphatic rings. The number of carbonyl (C=O) groups is 1. The summed E-state index contributed by atoms with van der Waals surface area (Å²) in [6.45, 7) is 2.20. The van der Waals surface area contributed by atoms with Gasteiger partial charge in [-0.05, 0) is 43.4 Å². The molecule has 136 valence electrons. The molecule has 2 aromatic carbocycles. The number of rotatable bonds is 4. The van der Waals surface area contributed by atoms with E-state index in [1.54, 1.807) is 24.3 Å². The second-order valence-corrected chi connectivity index (χ2v) is 7.56. The number of nitrogens with zero attached hydrogens (tertiary/aromatic N) is 1. The number of benzene rings is 2. The van der Waals surface area contributed by atoms with E-state index >= 15 is 0 Å². The molecule has 2 saturated heterocycles. The van der Waals surface area contributed by atoms with Crippen molar-refractivity contribution in [2.75, 3.05) is 6.61 Å². The molecule has 2 aliphatic heterocycles. The first kappa shape index (κ1) is 17.2. The van der Waals surface area contributed by atoms with E-state index in [-0.39, 0.29) is 35.8 Å². The molecule has 3 atom stereocenters. The lowest BCUT2D eigenvalue weighted by Gasteiger charge is -2.35. The van der Waals surface area contributed by atoms with Crippen LogP contribution >= 0.6 is 0 Å². The number of halogens is 1. The van der Waals surface area contributed by atoms with Crippen molar-refractivity contribution in [2.45, 2.75) is 44.7 Å². The Balaban J connectivity index is 1.74. The van der Waals surface area contributed by atoms with Crippen molar-refractivity contribution >= 4 is 5.91 Å². The smallest absolute Gasteiger partial charge is 0.255 e. The quantitative estimate of drug-likeness (QED) is 0.892. The van der Waals surface area contributed by atoms with Gasteiger partial charge in [-0.2, -0.15) is 0 Å². The second-order valence-electron chi connectivity index (χ2n) is 7.56. The summed E-state index contributed by atoms with van der Waals surface area (Å²) < 4.78 is 14.3. The molecule has 26 heavy (non-hydrogen) atoms. The molecule has 0 radical (unpaired) electrons. The Hall–Kier alpha value is -2.20. The van der Waals surface area contributed by atoms with E-state index in [4.69, 9.17) is 0 Å². The molecule has 1 amide bonds. The van der Waals surface area contributed by atoms with Crippen LogP contribution in [0.25, 0.3) is 11.1 Å². The lowest BCUT2D eigenvalue weighted by atomic mass is 9.72. The predicted octanol–water partition coefficient (Wildman–Crippen LogP) is 4.26. The summed E-state index contributed by atoms with van der Waals surface area (Å²) in [4.78, 5) is 15.4. The largest absolute Gasteiger partial charge is 0.396 e. The fourth-order valence-electron chi connectivity index (χ4n) is 4.98. The first-order valence-corrected chi connectivity index (χ1v) is 9.39. The summed E-state index contributed by atoms with van der Waals surface area (Å²) in [7, 11) is 0. The molecule has 4 rings (SSSR count). The Morgan fingerprint density at radius 2 is 1.85 bits per heavy atom. The minimum atomic E-state index is -0.324. The van der Waals surface area contributed by atoms with E-state index in [0.29, 0.717) is 16.7 Å². The number of hydrogen-bond acceptors (Lipinski definition) is 2. The van der Waals surface area contributed by atoms with Crippen LogP contribution in [0.2, 0.25) is 0 Å². The number of aliphatic hydroxyl groups excluding tert-OH is 1. The number of hydrogen-bond donors (Lipinski definition) is 1. The van der Waals surface area contributed by atoms with Gasteiger partial charge in [0.25, 0.3) is 5.91 Å². The van der Waals surface area contributed by atoms with Gasteiger partial charge < -0.3 is 10.0 Å². The van der Waals surface area contributed by atoms with Crippen LogP contribution in [-0.4, -0.2) is 34.6 Å². The van der Waals surface area contributed by atoms with Gasteiger partial charge in [0.15, 0.2) is 0 Å². The summed E-state index contributed by atoms with van der Waals surface area (Å²) in [5.41, 5.74) is 1.44. The van der Waals surface area contributed by atoms with Crippen molar-refractivity contribution in [1.82, 2.24) is 4.90 Å². The number of amides is 1. The fourth-order valence-corrected chi connectivity index (χ4v) is 4.98. The van der Waals surface area contributed by atoms with Crippen molar-refractivity contribution < 1.29 is 14.3 Å². The molecule has 1 N–H and O–H groups in total. The molecular formula is C22H24FNO2. The molecule has 0 aromatic heterocycles. The standard InChI is InChI=1S/C22H24FNO2/c1-2-22(14-25)13-15-11-12-20(22)24(15)21(26)18-9-4-3-7-16(18)17-8-5-6-10-19(17)23/h3-10,15,20,25H,2,11-14H2,1H3/t15-,20+,22-/m1/s1. The van der Waals surface area contributed by atoms with Crippen molar-refractivity contribution in [3.63, 3.8) is 0 Å². The topological polar surface area (TPSA) is 40.5 Å². The molecule has 0 spiro atoms. The van der Waals surface area contributed by atoms with Crippen LogP contribution < -0.4 is 0 Å². The Kier molecular flexibility index (Phi) is 4.31. The lowest BCUT2D eigenvalue weighted by Crippen LogP contribution is -2.42. The lowest BCUT2D eigenvalue weighted by molar-refractivity contribution is 0.0557. The van der Waals surface area contributed by atoms with E-state index in [2.05, 4.69) is 6.92 Å². The molecule has 4 heteroatoms. The van der Waals surface area contributed by atoms with Crippen LogP contribution in [-0.2, 0) is 0 Å². The van der Waals surface area contributed by atoms with Crippen LogP contribution in [0.5, 0.6) is 0 Å². The predicted molar refractivity (Wildman–Crippen MR) is 99.2 cm³/mol. The maximum Gasteiger partial charge on any atom is 0.255 e. The second kappa shape index (κ2) is 6.51. The van der Waals surface area contributed by atoms with Gasteiger partial charge >= 0.3 is 0 Å². The van der Waals surface area contributed by atoms with Crippen LogP contribution in [0.1, 0.15) is 43.0 Å². The summed E-state index contributed by atoms with van der Waals surface area (Å²) in [5, 5.41) is 9.99. The summed E-state index contributed by atoms with van der Waals surface area (Å²) in [5.74, 6) is -0.365. The summed E-state index contributed by atoms with van der Waals surface area (Å²) in [6, 6.07) is 14.1. The monoisotopic (exact) mass is 353 g/mol. The maximum atomic E-state index is 14.3. The zero-order valence-corrected chi connectivity index (χ0v) is 15.0. The highest BCUT2D eigenvalue weighted by atomic mass is 19.1. The van der Waals surface area contributed by atoms with Crippen molar-refractivity contribution in [3.8, 4) is 11.1 Å². The zero-order chi connectivity index (χ0) is 18.3. The number of carbonyl (C=O) groups excluding carboxylic acids is 1. The van der Waals surface area contributed by atoms with Gasteiger partial charge in [-0.3, -0.25) is 4.79 Å². The Morgan fingerprint density at radius 1 is 1.15 bits per heavy atom. The van der Waals surface area contributed by atoms with Crippen LogP contribution in [0.3, 0.4) is 0 Å². The highest BCUT2D eigenvalue weighted by molar-refractivity contribution is 6.01. The third-order valence-corrected chi connectivity index (χ3v) is 6.43. The van der Waals surface area contributed by atoms with E-state index in [0.717, 1.165) is 25.7 Å². The van der Waals surface area contributed by atoms with E-state index in [1.165, 1.54) is 6.07 Å². The Labute approximate surface area is 153 Å². The first-order chi connectivity index (χ1) is 12.6. The molecule has 0 aliphatic carbocycles. The summed E-state index contributed by atoms with van der Waals surface area (Å²) >= 11 is 0. The third-order valence-electron chi connectivity index (χ3n) is 6.43. The average Bonchev–Trinajstić information content (AvgIpc) is 3.24. The molecule has 2 fully saturated rings. The molecule has 2 bridgehead atoms. The maximum absolute atomic E-state index is 14.3. The molecule has 2 aromatic rings. The van der Waals surface area contributed by atoms with Crippen molar-refractivity contribution in [3.05, 3.63) is 59.9 Å². The molecule has 0 unspecified atom stereocenters. The minimum Gasteiger partial charge on any atom is -0.396 e. The van der Waals surface area contributed by atoms with E-state index in [1.807, 2.05) is 23.1 Å².